The van der Waals surface area contributed by atoms with Gasteiger partial charge in [-0.2, -0.15) is 0 Å². The van der Waals surface area contributed by atoms with Crippen molar-refractivity contribution in [3.05, 3.63) is 74.8 Å². The summed E-state index contributed by atoms with van der Waals surface area (Å²) in [5.41, 5.74) is 0.785. The molecule has 3 aromatic heterocycles. The molecule has 1 aliphatic heterocycles. The van der Waals surface area contributed by atoms with Crippen LogP contribution in [0.4, 0.5) is 10.2 Å². The number of benzene rings is 1. The van der Waals surface area contributed by atoms with Crippen LogP contribution in [0.5, 0.6) is 0 Å². The van der Waals surface area contributed by atoms with Crippen molar-refractivity contribution in [2.45, 2.75) is 64.5 Å². The van der Waals surface area contributed by atoms with Crippen molar-refractivity contribution in [1.82, 2.24) is 29.0 Å². The van der Waals surface area contributed by atoms with E-state index in [1.54, 1.807) is 22.9 Å². The number of fused-ring (bicyclic) bond motifs is 1. The van der Waals surface area contributed by atoms with Crippen molar-refractivity contribution in [1.29, 1.82) is 0 Å². The molecule has 2 fully saturated rings. The fraction of sp³-hybridized carbons (Fsp3) is 0.419. The number of amides is 2. The number of aromatic nitrogens is 5. The molecule has 4 heterocycles. The van der Waals surface area contributed by atoms with Crippen molar-refractivity contribution >= 4 is 28.8 Å². The monoisotopic (exact) mass is 587 g/mol. The number of anilines is 1. The Balaban J connectivity index is 1.30. The number of imidazole rings is 1. The Hall–Kier alpha value is -4.61. The molecule has 0 radical (unpaired) electrons. The van der Waals surface area contributed by atoms with Crippen LogP contribution < -0.4 is 16.1 Å². The number of carbonyl (C=O) groups excluding carboxylic acids is 2. The van der Waals surface area contributed by atoms with Crippen LogP contribution in [0.2, 0.25) is 0 Å². The van der Waals surface area contributed by atoms with Crippen LogP contribution in [-0.2, 0) is 11.3 Å². The van der Waals surface area contributed by atoms with Crippen molar-refractivity contribution in [3.63, 3.8) is 0 Å². The van der Waals surface area contributed by atoms with Gasteiger partial charge in [-0.1, -0.05) is 6.92 Å². The van der Waals surface area contributed by atoms with E-state index >= 15 is 0 Å². The molecular weight excluding hydrogens is 553 g/mol. The number of H-pyrrole nitrogens is 1. The maximum Gasteiger partial charge on any atom is 0.332 e. The van der Waals surface area contributed by atoms with Gasteiger partial charge in [0, 0.05) is 56.0 Å². The highest BCUT2D eigenvalue weighted by molar-refractivity contribution is 6.05. The van der Waals surface area contributed by atoms with Gasteiger partial charge in [0.05, 0.1) is 0 Å². The average Bonchev–Trinajstić information content (AvgIpc) is 3.75. The number of hydrogen-bond donors (Lipinski definition) is 1. The molecule has 0 atom stereocenters. The summed E-state index contributed by atoms with van der Waals surface area (Å²) in [7, 11) is 0. The van der Waals surface area contributed by atoms with Gasteiger partial charge in [-0.25, -0.2) is 19.2 Å². The van der Waals surface area contributed by atoms with Crippen LogP contribution >= 0.6 is 0 Å². The Morgan fingerprint density at radius 2 is 1.86 bits per heavy atom. The summed E-state index contributed by atoms with van der Waals surface area (Å²) in [6.45, 7) is 3.80. The first-order chi connectivity index (χ1) is 20.9. The third-order valence-electron chi connectivity index (χ3n) is 8.03. The number of aromatic amines is 1. The molecule has 1 aromatic carbocycles. The van der Waals surface area contributed by atoms with Crippen LogP contribution in [0.1, 0.15) is 68.3 Å². The second-order valence-electron chi connectivity index (χ2n) is 11.2. The van der Waals surface area contributed by atoms with Gasteiger partial charge in [-0.05, 0) is 74.9 Å². The third-order valence-corrected chi connectivity index (χ3v) is 8.03. The smallest absolute Gasteiger partial charge is 0.332 e. The molecule has 6 rings (SSSR count). The van der Waals surface area contributed by atoms with E-state index < -0.39 is 11.4 Å². The molecule has 0 unspecified atom stereocenters. The van der Waals surface area contributed by atoms with E-state index in [4.69, 9.17) is 0 Å². The fourth-order valence-corrected chi connectivity index (χ4v) is 5.62. The van der Waals surface area contributed by atoms with E-state index in [0.29, 0.717) is 73.9 Å². The Labute approximate surface area is 247 Å². The van der Waals surface area contributed by atoms with Crippen LogP contribution in [-0.4, -0.2) is 60.4 Å². The van der Waals surface area contributed by atoms with Gasteiger partial charge in [-0.3, -0.25) is 28.4 Å². The minimum atomic E-state index is -0.436. The highest BCUT2D eigenvalue weighted by Gasteiger charge is 2.30. The first-order valence-electron chi connectivity index (χ1n) is 14.9. The zero-order chi connectivity index (χ0) is 30.1. The lowest BCUT2D eigenvalue weighted by atomic mass is 10.1. The largest absolute Gasteiger partial charge is 0.343 e. The SMILES string of the molecule is CCCn1c(=O)c2[nH]c(-c3ccc(N(CCCN4CCCCC4=O)C(=O)c4ccc(F)cc4)nc3)nc2n(C2CC2)c1=O. The normalized spacial score (nSPS) is 15.3. The molecule has 12 heteroatoms. The molecule has 43 heavy (non-hydrogen) atoms. The lowest BCUT2D eigenvalue weighted by Gasteiger charge is -2.28. The average molecular weight is 588 g/mol. The number of pyridine rings is 1. The van der Waals surface area contributed by atoms with Crippen LogP contribution in [0.15, 0.2) is 52.2 Å². The minimum absolute atomic E-state index is 0.0293. The molecule has 2 amide bonds. The number of piperidine rings is 1. The molecule has 1 saturated carbocycles. The molecular formula is C31H34FN7O4. The van der Waals surface area contributed by atoms with E-state index in [1.807, 2.05) is 11.8 Å². The molecule has 0 bridgehead atoms. The highest BCUT2D eigenvalue weighted by atomic mass is 19.1. The number of nitrogens with one attached hydrogen (secondary N) is 1. The summed E-state index contributed by atoms with van der Waals surface area (Å²) in [6.07, 6.45) is 6.91. The van der Waals surface area contributed by atoms with E-state index in [9.17, 15) is 23.6 Å². The molecule has 2 aliphatic rings. The van der Waals surface area contributed by atoms with Gasteiger partial charge in [0.25, 0.3) is 11.5 Å². The van der Waals surface area contributed by atoms with E-state index in [-0.39, 0.29) is 29.1 Å². The minimum Gasteiger partial charge on any atom is -0.343 e. The number of likely N-dealkylation sites (tertiary alicyclic amines) is 1. The summed E-state index contributed by atoms with van der Waals surface area (Å²) in [5.74, 6) is 0.144. The Kier molecular flexibility index (Phi) is 7.92. The second-order valence-corrected chi connectivity index (χ2v) is 11.2. The molecule has 11 nitrogen and oxygen atoms in total. The summed E-state index contributed by atoms with van der Waals surface area (Å²) in [4.78, 5) is 67.8. The highest BCUT2D eigenvalue weighted by Crippen LogP contribution is 2.35. The molecule has 0 spiro atoms. The van der Waals surface area contributed by atoms with Crippen LogP contribution in [0.25, 0.3) is 22.6 Å². The standard InChI is InChI=1S/C31H34FN7O4/c1-2-15-38-30(42)26-28(39(31(38)43)23-12-13-23)35-27(34-26)21-9-14-24(33-19-21)37(29(41)20-7-10-22(32)11-8-20)18-5-17-36-16-4-3-6-25(36)40/h7-11,14,19,23H,2-6,12-13,15-18H2,1H3,(H,34,35). The molecule has 1 saturated heterocycles. The Morgan fingerprint density at radius 3 is 2.53 bits per heavy atom. The Bertz CT molecular complexity index is 1770. The van der Waals surface area contributed by atoms with E-state index in [2.05, 4.69) is 15.0 Å². The van der Waals surface area contributed by atoms with Crippen molar-refractivity contribution < 1.29 is 14.0 Å². The zero-order valence-corrected chi connectivity index (χ0v) is 24.1. The van der Waals surface area contributed by atoms with Gasteiger partial charge >= 0.3 is 5.69 Å². The molecule has 4 aromatic rings. The van der Waals surface area contributed by atoms with Gasteiger partial charge in [-0.15, -0.1) is 0 Å². The first kappa shape index (κ1) is 28.5. The summed E-state index contributed by atoms with van der Waals surface area (Å²) < 4.78 is 16.4. The molecule has 1 N–H and O–H groups in total. The number of halogens is 1. The predicted molar refractivity (Wildman–Crippen MR) is 160 cm³/mol. The lowest BCUT2D eigenvalue weighted by Crippen LogP contribution is -2.39. The van der Waals surface area contributed by atoms with E-state index in [0.717, 1.165) is 25.7 Å². The summed E-state index contributed by atoms with van der Waals surface area (Å²) in [6, 6.07) is 8.83. The lowest BCUT2D eigenvalue weighted by molar-refractivity contribution is -0.133. The van der Waals surface area contributed by atoms with Crippen LogP contribution in [0.3, 0.4) is 0 Å². The number of carbonyl (C=O) groups is 2. The fourth-order valence-electron chi connectivity index (χ4n) is 5.62. The zero-order valence-electron chi connectivity index (χ0n) is 24.1. The van der Waals surface area contributed by atoms with Crippen molar-refractivity contribution in [2.24, 2.45) is 0 Å². The van der Waals surface area contributed by atoms with Gasteiger partial charge in [0.15, 0.2) is 5.65 Å². The first-order valence-corrected chi connectivity index (χ1v) is 14.9. The van der Waals surface area contributed by atoms with Crippen molar-refractivity contribution in [3.8, 4) is 11.4 Å². The van der Waals surface area contributed by atoms with Gasteiger partial charge < -0.3 is 9.88 Å². The molecule has 1 aliphatic carbocycles. The topological polar surface area (TPSA) is 126 Å². The van der Waals surface area contributed by atoms with Gasteiger partial charge in [0.1, 0.15) is 23.0 Å². The maximum atomic E-state index is 13.6. The summed E-state index contributed by atoms with van der Waals surface area (Å²) >= 11 is 0. The second kappa shape index (κ2) is 11.9. The molecule has 224 valence electrons. The van der Waals surface area contributed by atoms with Gasteiger partial charge in [0.2, 0.25) is 5.91 Å². The van der Waals surface area contributed by atoms with Crippen molar-refractivity contribution in [2.75, 3.05) is 24.5 Å². The maximum absolute atomic E-state index is 13.6. The Morgan fingerprint density at radius 1 is 1.07 bits per heavy atom. The predicted octanol–water partition coefficient (Wildman–Crippen LogP) is 3.88. The number of hydrogen-bond acceptors (Lipinski definition) is 6. The van der Waals surface area contributed by atoms with Crippen LogP contribution in [0, 0.1) is 5.82 Å². The number of nitrogens with zero attached hydrogens (tertiary/aromatic N) is 6. The third kappa shape index (κ3) is 5.73. The summed E-state index contributed by atoms with van der Waals surface area (Å²) in [5, 5.41) is 0. The van der Waals surface area contributed by atoms with E-state index in [1.165, 1.54) is 33.7 Å². The number of rotatable bonds is 10. The quantitative estimate of drug-likeness (QED) is 0.300.